The van der Waals surface area contributed by atoms with E-state index in [1.165, 1.54) is 11.9 Å². The first-order valence-electron chi connectivity index (χ1n) is 4.81. The second-order valence-corrected chi connectivity index (χ2v) is 3.97. The third kappa shape index (κ3) is 1.36. The largest absolute Gasteiger partial charge is 0.465 e. The lowest BCUT2D eigenvalue weighted by Crippen LogP contribution is -2.44. The average Bonchev–Trinajstić information content (AvgIpc) is 2.44. The number of piperidine rings is 1. The van der Waals surface area contributed by atoms with Crippen molar-refractivity contribution in [3.63, 3.8) is 0 Å². The maximum Gasteiger partial charge on any atom is 0.407 e. The molecule has 6 nitrogen and oxygen atoms in total. The lowest BCUT2D eigenvalue weighted by atomic mass is 9.88. The minimum absolute atomic E-state index is 0.148. The smallest absolute Gasteiger partial charge is 0.407 e. The van der Waals surface area contributed by atoms with Crippen molar-refractivity contribution in [1.82, 2.24) is 9.80 Å². The van der Waals surface area contributed by atoms with E-state index >= 15 is 0 Å². The topological polar surface area (TPSA) is 77.9 Å². The van der Waals surface area contributed by atoms with Gasteiger partial charge in [0.15, 0.2) is 0 Å². The van der Waals surface area contributed by atoms with Gasteiger partial charge in [0.2, 0.25) is 11.8 Å². The third-order valence-electron chi connectivity index (χ3n) is 3.18. The lowest BCUT2D eigenvalue weighted by Gasteiger charge is -2.30. The number of carbonyl (C=O) groups is 3. The Kier molecular flexibility index (Phi) is 2.13. The molecule has 0 saturated carbocycles. The van der Waals surface area contributed by atoms with Gasteiger partial charge in [0.25, 0.3) is 0 Å². The average molecular weight is 212 g/mol. The Balaban J connectivity index is 2.18. The van der Waals surface area contributed by atoms with Gasteiger partial charge in [-0.2, -0.15) is 0 Å². The summed E-state index contributed by atoms with van der Waals surface area (Å²) in [6.45, 7) is 0.484. The van der Waals surface area contributed by atoms with Gasteiger partial charge in [-0.05, 0) is 6.42 Å². The molecule has 0 aromatic rings. The van der Waals surface area contributed by atoms with Crippen LogP contribution in [0.2, 0.25) is 0 Å². The first kappa shape index (κ1) is 9.95. The summed E-state index contributed by atoms with van der Waals surface area (Å²) in [6.07, 6.45) is -0.574. The zero-order valence-electron chi connectivity index (χ0n) is 8.34. The van der Waals surface area contributed by atoms with Gasteiger partial charge in [0.05, 0.1) is 11.8 Å². The van der Waals surface area contributed by atoms with Crippen LogP contribution >= 0.6 is 0 Å². The van der Waals surface area contributed by atoms with Crippen LogP contribution in [-0.2, 0) is 9.59 Å². The molecule has 1 N–H and O–H groups in total. The highest BCUT2D eigenvalue weighted by atomic mass is 16.4. The maximum absolute atomic E-state index is 11.6. The molecule has 82 valence electrons. The molecule has 15 heavy (non-hydrogen) atoms. The van der Waals surface area contributed by atoms with E-state index in [4.69, 9.17) is 5.11 Å². The first-order valence-corrected chi connectivity index (χ1v) is 4.81. The zero-order chi connectivity index (χ0) is 11.2. The van der Waals surface area contributed by atoms with Crippen molar-refractivity contribution in [2.24, 2.45) is 11.8 Å². The summed E-state index contributed by atoms with van der Waals surface area (Å²) < 4.78 is 0. The molecular formula is C9H12N2O4. The van der Waals surface area contributed by atoms with Crippen molar-refractivity contribution in [3.05, 3.63) is 0 Å². The quantitative estimate of drug-likeness (QED) is 0.554. The molecule has 2 fully saturated rings. The molecule has 0 bridgehead atoms. The van der Waals surface area contributed by atoms with E-state index in [2.05, 4.69) is 0 Å². The molecule has 3 amide bonds. The Morgan fingerprint density at radius 3 is 2.53 bits per heavy atom. The number of fused-ring (bicyclic) bond motifs is 1. The molecule has 2 unspecified atom stereocenters. The van der Waals surface area contributed by atoms with E-state index in [1.54, 1.807) is 0 Å². The van der Waals surface area contributed by atoms with E-state index in [0.717, 1.165) is 4.90 Å². The zero-order valence-corrected chi connectivity index (χ0v) is 8.34. The van der Waals surface area contributed by atoms with Gasteiger partial charge in [-0.1, -0.05) is 0 Å². The molecular weight excluding hydrogens is 200 g/mol. The Hall–Kier alpha value is -1.59. The minimum atomic E-state index is -1.02. The van der Waals surface area contributed by atoms with Crippen LogP contribution in [0, 0.1) is 11.8 Å². The van der Waals surface area contributed by atoms with Crippen molar-refractivity contribution >= 4 is 17.9 Å². The van der Waals surface area contributed by atoms with E-state index in [-0.39, 0.29) is 24.3 Å². The molecule has 2 aliphatic heterocycles. The van der Waals surface area contributed by atoms with E-state index in [0.29, 0.717) is 13.0 Å². The predicted octanol–water partition coefficient (Wildman–Crippen LogP) is -0.399. The second kappa shape index (κ2) is 3.22. The molecule has 0 aromatic carbocycles. The van der Waals surface area contributed by atoms with Gasteiger partial charge in [0.1, 0.15) is 0 Å². The normalized spacial score (nSPS) is 30.7. The Bertz CT molecular complexity index is 341. The number of imide groups is 1. The van der Waals surface area contributed by atoms with Crippen LogP contribution in [0.5, 0.6) is 0 Å². The standard InChI is InChI=1S/C9H12N2O4/c1-10-7(12)5-2-3-11(9(14)15)4-6(5)8(10)13/h5-6H,2-4H2,1H3,(H,14,15). The highest BCUT2D eigenvalue weighted by Gasteiger charge is 2.48. The summed E-state index contributed by atoms with van der Waals surface area (Å²) >= 11 is 0. The minimum Gasteiger partial charge on any atom is -0.465 e. The Morgan fingerprint density at radius 2 is 1.93 bits per heavy atom. The molecule has 6 heteroatoms. The molecule has 2 saturated heterocycles. The molecule has 0 aliphatic carbocycles. The molecule has 2 heterocycles. The highest BCUT2D eigenvalue weighted by molar-refractivity contribution is 6.05. The van der Waals surface area contributed by atoms with Crippen molar-refractivity contribution in [2.45, 2.75) is 6.42 Å². The maximum atomic E-state index is 11.6. The number of carbonyl (C=O) groups excluding carboxylic acids is 2. The SMILES string of the molecule is CN1C(=O)C2CCN(C(=O)O)CC2C1=O. The molecule has 2 rings (SSSR count). The number of rotatable bonds is 0. The molecule has 0 radical (unpaired) electrons. The fourth-order valence-corrected chi connectivity index (χ4v) is 2.28. The first-order chi connectivity index (χ1) is 7.02. The van der Waals surface area contributed by atoms with Crippen molar-refractivity contribution < 1.29 is 19.5 Å². The van der Waals surface area contributed by atoms with E-state index < -0.39 is 12.0 Å². The number of carboxylic acid groups (broad SMARTS) is 1. The highest BCUT2D eigenvalue weighted by Crippen LogP contribution is 2.32. The van der Waals surface area contributed by atoms with E-state index in [9.17, 15) is 14.4 Å². The molecule has 0 aromatic heterocycles. The van der Waals surface area contributed by atoms with Crippen molar-refractivity contribution in [3.8, 4) is 0 Å². The number of amides is 3. The van der Waals surface area contributed by atoms with Crippen LogP contribution in [0.3, 0.4) is 0 Å². The van der Waals surface area contributed by atoms with Gasteiger partial charge in [-0.25, -0.2) is 4.79 Å². The summed E-state index contributed by atoms with van der Waals surface area (Å²) in [5.41, 5.74) is 0. The molecule has 0 spiro atoms. The van der Waals surface area contributed by atoms with Crippen molar-refractivity contribution in [2.75, 3.05) is 20.1 Å². The second-order valence-electron chi connectivity index (χ2n) is 3.97. The van der Waals surface area contributed by atoms with Gasteiger partial charge >= 0.3 is 6.09 Å². The summed E-state index contributed by atoms with van der Waals surface area (Å²) in [7, 11) is 1.45. The van der Waals surface area contributed by atoms with Gasteiger partial charge in [-0.15, -0.1) is 0 Å². The van der Waals surface area contributed by atoms with Crippen LogP contribution in [0.15, 0.2) is 0 Å². The summed E-state index contributed by atoms with van der Waals surface area (Å²) in [5.74, 6) is -1.20. The summed E-state index contributed by atoms with van der Waals surface area (Å²) in [5, 5.41) is 8.79. The number of hydrogen-bond acceptors (Lipinski definition) is 3. The van der Waals surface area contributed by atoms with Crippen LogP contribution < -0.4 is 0 Å². The fraction of sp³-hybridized carbons (Fsp3) is 0.667. The van der Waals surface area contributed by atoms with Crippen molar-refractivity contribution in [1.29, 1.82) is 0 Å². The van der Waals surface area contributed by atoms with Gasteiger partial charge in [-0.3, -0.25) is 14.5 Å². The molecule has 2 aliphatic rings. The van der Waals surface area contributed by atoms with Crippen LogP contribution in [-0.4, -0.2) is 53.0 Å². The summed E-state index contributed by atoms with van der Waals surface area (Å²) in [4.78, 5) is 36.2. The summed E-state index contributed by atoms with van der Waals surface area (Å²) in [6, 6.07) is 0. The van der Waals surface area contributed by atoms with Crippen LogP contribution in [0.25, 0.3) is 0 Å². The Labute approximate surface area is 86.4 Å². The number of nitrogens with zero attached hydrogens (tertiary/aromatic N) is 2. The van der Waals surface area contributed by atoms with Gasteiger partial charge in [0, 0.05) is 20.1 Å². The predicted molar refractivity (Wildman–Crippen MR) is 49.0 cm³/mol. The number of hydrogen-bond donors (Lipinski definition) is 1. The lowest BCUT2D eigenvalue weighted by molar-refractivity contribution is -0.138. The van der Waals surface area contributed by atoms with Crippen LogP contribution in [0.1, 0.15) is 6.42 Å². The molecule has 2 atom stereocenters. The Morgan fingerprint density at radius 1 is 1.33 bits per heavy atom. The van der Waals surface area contributed by atoms with E-state index in [1.807, 2.05) is 0 Å². The van der Waals surface area contributed by atoms with Crippen LogP contribution in [0.4, 0.5) is 4.79 Å². The monoisotopic (exact) mass is 212 g/mol. The number of likely N-dealkylation sites (tertiary alicyclic amines) is 2. The van der Waals surface area contributed by atoms with Gasteiger partial charge < -0.3 is 10.0 Å². The third-order valence-corrected chi connectivity index (χ3v) is 3.18. The fourth-order valence-electron chi connectivity index (χ4n) is 2.28.